The standard InChI is InChI=1S/C30H32N4O3/c1-33-15-17-34(18-16-33)21-26(23-7-3-2-4-8-23)32-29(35)19-22-11-13-25(14-12-22)31-30(36)28-20-24-9-5-6-10-27(24)37-28/h2-14,20,26H,15-19,21H2,1H3,(H,31,36)(H,32,35). The Balaban J connectivity index is 1.19. The topological polar surface area (TPSA) is 77.8 Å². The Kier molecular flexibility index (Phi) is 7.63. The molecule has 7 heteroatoms. The molecule has 1 aliphatic rings. The van der Waals surface area contributed by atoms with E-state index >= 15 is 0 Å². The van der Waals surface area contributed by atoms with Crippen molar-refractivity contribution in [1.82, 2.24) is 15.1 Å². The van der Waals surface area contributed by atoms with Crippen LogP contribution >= 0.6 is 0 Å². The van der Waals surface area contributed by atoms with E-state index < -0.39 is 0 Å². The van der Waals surface area contributed by atoms with Crippen molar-refractivity contribution < 1.29 is 14.0 Å². The fraction of sp³-hybridized carbons (Fsp3) is 0.267. The second-order valence-electron chi connectivity index (χ2n) is 9.61. The highest BCUT2D eigenvalue weighted by Gasteiger charge is 2.21. The fourth-order valence-electron chi connectivity index (χ4n) is 4.63. The zero-order valence-electron chi connectivity index (χ0n) is 21.0. The van der Waals surface area contributed by atoms with Crippen LogP contribution < -0.4 is 10.6 Å². The third-order valence-corrected chi connectivity index (χ3v) is 6.80. The number of anilines is 1. The molecule has 2 heterocycles. The van der Waals surface area contributed by atoms with Crippen molar-refractivity contribution in [3.8, 4) is 0 Å². The van der Waals surface area contributed by atoms with Crippen molar-refractivity contribution in [2.24, 2.45) is 0 Å². The van der Waals surface area contributed by atoms with E-state index in [1.54, 1.807) is 6.07 Å². The van der Waals surface area contributed by atoms with E-state index in [4.69, 9.17) is 4.42 Å². The highest BCUT2D eigenvalue weighted by Crippen LogP contribution is 2.21. The second kappa shape index (κ2) is 11.4. The molecule has 1 fully saturated rings. The maximum absolute atomic E-state index is 13.0. The van der Waals surface area contributed by atoms with Crippen molar-refractivity contribution in [3.05, 3.63) is 102 Å². The van der Waals surface area contributed by atoms with Crippen LogP contribution in [0.15, 0.2) is 89.3 Å². The molecule has 4 aromatic rings. The highest BCUT2D eigenvalue weighted by molar-refractivity contribution is 6.04. The summed E-state index contributed by atoms with van der Waals surface area (Å²) in [5.74, 6) is -0.0738. The zero-order valence-corrected chi connectivity index (χ0v) is 21.0. The number of carbonyl (C=O) groups is 2. The summed E-state index contributed by atoms with van der Waals surface area (Å²) in [6.45, 7) is 4.85. The van der Waals surface area contributed by atoms with Crippen LogP contribution in [-0.2, 0) is 11.2 Å². The molecular weight excluding hydrogens is 464 g/mol. The molecule has 0 spiro atoms. The van der Waals surface area contributed by atoms with Crippen LogP contribution in [0.25, 0.3) is 11.0 Å². The first-order chi connectivity index (χ1) is 18.0. The molecule has 0 bridgehead atoms. The van der Waals surface area contributed by atoms with Gasteiger partial charge in [-0.15, -0.1) is 0 Å². The Bertz CT molecular complexity index is 1310. The van der Waals surface area contributed by atoms with Gasteiger partial charge in [0.05, 0.1) is 12.5 Å². The first-order valence-corrected chi connectivity index (χ1v) is 12.7. The molecule has 0 radical (unpaired) electrons. The lowest BCUT2D eigenvalue weighted by molar-refractivity contribution is -0.121. The van der Waals surface area contributed by atoms with Gasteiger partial charge in [-0.05, 0) is 42.4 Å². The highest BCUT2D eigenvalue weighted by atomic mass is 16.3. The maximum atomic E-state index is 13.0. The van der Waals surface area contributed by atoms with Crippen LogP contribution in [0.5, 0.6) is 0 Å². The van der Waals surface area contributed by atoms with Crippen molar-refractivity contribution in [2.45, 2.75) is 12.5 Å². The predicted molar refractivity (Wildman–Crippen MR) is 146 cm³/mol. The largest absolute Gasteiger partial charge is 0.451 e. The molecule has 37 heavy (non-hydrogen) atoms. The summed E-state index contributed by atoms with van der Waals surface area (Å²) in [7, 11) is 2.14. The summed E-state index contributed by atoms with van der Waals surface area (Å²) >= 11 is 0. The van der Waals surface area contributed by atoms with Gasteiger partial charge >= 0.3 is 0 Å². The van der Waals surface area contributed by atoms with Gasteiger partial charge in [-0.2, -0.15) is 0 Å². The number of nitrogens with zero attached hydrogens (tertiary/aromatic N) is 2. The molecule has 2 amide bonds. The van der Waals surface area contributed by atoms with Crippen LogP contribution in [0.2, 0.25) is 0 Å². The average Bonchev–Trinajstić information content (AvgIpc) is 3.36. The van der Waals surface area contributed by atoms with Gasteiger partial charge in [0.25, 0.3) is 5.91 Å². The van der Waals surface area contributed by atoms with E-state index in [9.17, 15) is 9.59 Å². The Morgan fingerprint density at radius 1 is 0.892 bits per heavy atom. The molecule has 2 N–H and O–H groups in total. The Hall–Kier alpha value is -3.94. The first kappa shape index (κ1) is 24.7. The van der Waals surface area contributed by atoms with Crippen LogP contribution in [0.3, 0.4) is 0 Å². The van der Waals surface area contributed by atoms with E-state index in [0.29, 0.717) is 11.3 Å². The van der Waals surface area contributed by atoms with Gasteiger partial charge in [-0.1, -0.05) is 60.7 Å². The lowest BCUT2D eigenvalue weighted by Crippen LogP contribution is -2.48. The van der Waals surface area contributed by atoms with E-state index in [2.05, 4.69) is 39.6 Å². The second-order valence-corrected chi connectivity index (χ2v) is 9.61. The summed E-state index contributed by atoms with van der Waals surface area (Å²) in [5, 5.41) is 6.99. The fourth-order valence-corrected chi connectivity index (χ4v) is 4.63. The minimum absolute atomic E-state index is 0.0259. The third-order valence-electron chi connectivity index (χ3n) is 6.80. The number of para-hydroxylation sites is 1. The van der Waals surface area contributed by atoms with Crippen molar-refractivity contribution in [2.75, 3.05) is 45.1 Å². The van der Waals surface area contributed by atoms with Crippen LogP contribution in [0, 0.1) is 0 Å². The summed E-state index contributed by atoms with van der Waals surface area (Å²) in [4.78, 5) is 30.4. The van der Waals surface area contributed by atoms with Gasteiger partial charge < -0.3 is 20.0 Å². The normalized spacial score (nSPS) is 15.4. The molecule has 1 aromatic heterocycles. The van der Waals surface area contributed by atoms with Crippen molar-refractivity contribution in [1.29, 1.82) is 0 Å². The average molecular weight is 497 g/mol. The van der Waals surface area contributed by atoms with E-state index in [0.717, 1.165) is 49.2 Å². The van der Waals surface area contributed by atoms with Gasteiger partial charge in [-0.3, -0.25) is 14.5 Å². The van der Waals surface area contributed by atoms with Gasteiger partial charge in [-0.25, -0.2) is 0 Å². The quantitative estimate of drug-likeness (QED) is 0.380. The van der Waals surface area contributed by atoms with Gasteiger partial charge in [0.15, 0.2) is 5.76 Å². The number of piperazine rings is 1. The van der Waals surface area contributed by atoms with Gasteiger partial charge in [0.2, 0.25) is 5.91 Å². The molecule has 0 aliphatic carbocycles. The van der Waals surface area contributed by atoms with Gasteiger partial charge in [0, 0.05) is 43.8 Å². The monoisotopic (exact) mass is 496 g/mol. The van der Waals surface area contributed by atoms with E-state index in [1.807, 2.05) is 66.7 Å². The number of furan rings is 1. The number of hydrogen-bond acceptors (Lipinski definition) is 5. The Morgan fingerprint density at radius 2 is 1.59 bits per heavy atom. The van der Waals surface area contributed by atoms with Crippen molar-refractivity contribution >= 4 is 28.5 Å². The molecule has 3 aromatic carbocycles. The van der Waals surface area contributed by atoms with Crippen LogP contribution in [0.4, 0.5) is 5.69 Å². The number of carbonyl (C=O) groups excluding carboxylic acids is 2. The predicted octanol–water partition coefficient (Wildman–Crippen LogP) is 4.33. The lowest BCUT2D eigenvalue weighted by atomic mass is 10.0. The molecule has 0 saturated carbocycles. The SMILES string of the molecule is CN1CCN(CC(NC(=O)Cc2ccc(NC(=O)c3cc4ccccc4o3)cc2)c2ccccc2)CC1. The molecule has 1 aliphatic heterocycles. The van der Waals surface area contributed by atoms with Crippen LogP contribution in [0.1, 0.15) is 27.7 Å². The molecular formula is C30H32N4O3. The third kappa shape index (κ3) is 6.44. The summed E-state index contributed by atoms with van der Waals surface area (Å²) < 4.78 is 5.64. The molecule has 1 unspecified atom stereocenters. The molecule has 5 rings (SSSR count). The Morgan fingerprint density at radius 3 is 2.32 bits per heavy atom. The zero-order chi connectivity index (χ0) is 25.6. The summed E-state index contributed by atoms with van der Waals surface area (Å²) in [6, 6.07) is 26.7. The minimum atomic E-state index is -0.309. The van der Waals surface area contributed by atoms with Crippen LogP contribution in [-0.4, -0.2) is 61.4 Å². The maximum Gasteiger partial charge on any atom is 0.291 e. The number of hydrogen-bond donors (Lipinski definition) is 2. The lowest BCUT2D eigenvalue weighted by Gasteiger charge is -2.35. The molecule has 190 valence electrons. The number of nitrogens with one attached hydrogen (secondary N) is 2. The number of fused-ring (bicyclic) bond motifs is 1. The first-order valence-electron chi connectivity index (χ1n) is 12.7. The number of benzene rings is 3. The van der Waals surface area contributed by atoms with Crippen molar-refractivity contribution in [3.63, 3.8) is 0 Å². The number of amides is 2. The van der Waals surface area contributed by atoms with E-state index in [-0.39, 0.29) is 30.0 Å². The summed E-state index contributed by atoms with van der Waals surface area (Å²) in [5.41, 5.74) is 3.31. The number of rotatable bonds is 8. The molecule has 1 atom stereocenters. The molecule has 7 nitrogen and oxygen atoms in total. The number of likely N-dealkylation sites (N-methyl/N-ethyl adjacent to an activating group) is 1. The summed E-state index contributed by atoms with van der Waals surface area (Å²) in [6.07, 6.45) is 0.268. The van der Waals surface area contributed by atoms with Gasteiger partial charge in [0.1, 0.15) is 5.58 Å². The smallest absolute Gasteiger partial charge is 0.291 e. The van der Waals surface area contributed by atoms with E-state index in [1.165, 1.54) is 0 Å². The minimum Gasteiger partial charge on any atom is -0.451 e. The molecule has 1 saturated heterocycles. The Labute approximate surface area is 217 Å².